The van der Waals surface area contributed by atoms with Crippen LogP contribution in [0.2, 0.25) is 0 Å². The molecule has 162 valence electrons. The molecule has 0 saturated carbocycles. The highest BCUT2D eigenvalue weighted by atomic mass is 16.6. The molecule has 1 N–H and O–H groups in total. The number of para-hydroxylation sites is 1. The van der Waals surface area contributed by atoms with E-state index in [9.17, 15) is 9.90 Å². The van der Waals surface area contributed by atoms with Crippen LogP contribution in [0.4, 0.5) is 0 Å². The molecule has 7 heteroatoms. The molecule has 3 aromatic rings. The summed E-state index contributed by atoms with van der Waals surface area (Å²) in [7, 11) is 1.79. The first-order valence-corrected chi connectivity index (χ1v) is 9.95. The molecule has 0 spiro atoms. The molecule has 0 amide bonds. The number of nitrogens with zero attached hydrogens (tertiary/aromatic N) is 3. The number of aliphatic hydroxyl groups is 1. The summed E-state index contributed by atoms with van der Waals surface area (Å²) in [4.78, 5) is 16.4. The average Bonchev–Trinajstić information content (AvgIpc) is 2.98. The Labute approximate surface area is 182 Å². The van der Waals surface area contributed by atoms with Crippen LogP contribution in [0, 0.1) is 6.92 Å². The topological polar surface area (TPSA) is 85.9 Å². The third-order valence-electron chi connectivity index (χ3n) is 4.36. The van der Waals surface area contributed by atoms with E-state index in [4.69, 9.17) is 9.47 Å². The van der Waals surface area contributed by atoms with Crippen molar-refractivity contribution in [3.05, 3.63) is 77.0 Å². The number of aromatic nitrogens is 2. The molecule has 7 nitrogen and oxygen atoms in total. The Kier molecular flexibility index (Phi) is 6.56. The molecule has 1 unspecified atom stereocenters. The van der Waals surface area contributed by atoms with Gasteiger partial charge in [-0.3, -0.25) is 4.99 Å². The minimum Gasteiger partial charge on any atom is -0.456 e. The van der Waals surface area contributed by atoms with Gasteiger partial charge >= 0.3 is 5.97 Å². The van der Waals surface area contributed by atoms with E-state index in [1.165, 1.54) is 0 Å². The Morgan fingerprint density at radius 3 is 2.39 bits per heavy atom. The maximum Gasteiger partial charge on any atom is 0.338 e. The molecule has 0 fully saturated rings. The van der Waals surface area contributed by atoms with E-state index in [0.29, 0.717) is 28.3 Å². The van der Waals surface area contributed by atoms with Gasteiger partial charge in [-0.15, -0.1) is 0 Å². The fourth-order valence-corrected chi connectivity index (χ4v) is 2.88. The monoisotopic (exact) mass is 421 g/mol. The van der Waals surface area contributed by atoms with Crippen LogP contribution in [0.1, 0.15) is 54.2 Å². The Hall–Kier alpha value is -3.45. The molecule has 0 bridgehead atoms. The molecule has 0 aliphatic rings. The van der Waals surface area contributed by atoms with Gasteiger partial charge in [-0.2, -0.15) is 5.10 Å². The number of hydrogen-bond donors (Lipinski definition) is 1. The summed E-state index contributed by atoms with van der Waals surface area (Å²) >= 11 is 0. The van der Waals surface area contributed by atoms with Crippen LogP contribution >= 0.6 is 0 Å². The van der Waals surface area contributed by atoms with Gasteiger partial charge in [0.25, 0.3) is 0 Å². The fourth-order valence-electron chi connectivity index (χ4n) is 2.88. The number of carbonyl (C=O) groups is 1. The van der Waals surface area contributed by atoms with Gasteiger partial charge in [0.15, 0.2) is 6.23 Å². The lowest BCUT2D eigenvalue weighted by atomic mass is 10.1. The zero-order valence-electron chi connectivity index (χ0n) is 18.4. The second kappa shape index (κ2) is 9.14. The highest BCUT2D eigenvalue weighted by Gasteiger charge is 2.18. The van der Waals surface area contributed by atoms with E-state index in [2.05, 4.69) is 10.1 Å². The van der Waals surface area contributed by atoms with Crippen LogP contribution in [-0.2, 0) is 11.8 Å². The van der Waals surface area contributed by atoms with E-state index in [-0.39, 0.29) is 0 Å². The molecule has 1 aromatic heterocycles. The van der Waals surface area contributed by atoms with E-state index in [1.807, 2.05) is 58.0 Å². The number of aliphatic hydroxyl groups excluding tert-OH is 1. The average molecular weight is 421 g/mol. The van der Waals surface area contributed by atoms with Gasteiger partial charge in [0.05, 0.1) is 16.8 Å². The number of benzene rings is 2. The molecule has 0 saturated heterocycles. The Bertz CT molecular complexity index is 1060. The summed E-state index contributed by atoms with van der Waals surface area (Å²) < 4.78 is 12.9. The second-order valence-corrected chi connectivity index (χ2v) is 8.12. The summed E-state index contributed by atoms with van der Waals surface area (Å²) in [5.74, 6) is 0.795. The smallest absolute Gasteiger partial charge is 0.338 e. The minimum absolute atomic E-state index is 0.411. The van der Waals surface area contributed by atoms with Crippen molar-refractivity contribution < 1.29 is 19.4 Å². The maximum absolute atomic E-state index is 12.1. The first kappa shape index (κ1) is 22.2. The molecule has 0 aliphatic heterocycles. The number of carbonyl (C=O) groups excluding carboxylic acids is 1. The maximum atomic E-state index is 12.1. The van der Waals surface area contributed by atoms with Gasteiger partial charge in [0.1, 0.15) is 11.4 Å². The third kappa shape index (κ3) is 5.79. The van der Waals surface area contributed by atoms with Crippen molar-refractivity contribution >= 4 is 12.2 Å². The lowest BCUT2D eigenvalue weighted by Gasteiger charge is -2.19. The second-order valence-electron chi connectivity index (χ2n) is 8.12. The summed E-state index contributed by atoms with van der Waals surface area (Å²) in [5.41, 5.74) is 1.80. The highest BCUT2D eigenvalue weighted by Crippen LogP contribution is 2.26. The van der Waals surface area contributed by atoms with Gasteiger partial charge in [-0.1, -0.05) is 30.3 Å². The fraction of sp³-hybridized carbons (Fsp3) is 0.292. The van der Waals surface area contributed by atoms with Crippen LogP contribution in [0.3, 0.4) is 0 Å². The highest BCUT2D eigenvalue weighted by molar-refractivity contribution is 5.89. The lowest BCUT2D eigenvalue weighted by molar-refractivity contribution is 0.00693. The molecule has 3 rings (SSSR count). The molecule has 1 heterocycles. The van der Waals surface area contributed by atoms with Crippen molar-refractivity contribution in [2.75, 3.05) is 0 Å². The van der Waals surface area contributed by atoms with Gasteiger partial charge in [-0.25, -0.2) is 9.48 Å². The predicted octanol–water partition coefficient (Wildman–Crippen LogP) is 4.59. The Morgan fingerprint density at radius 1 is 1.13 bits per heavy atom. The van der Waals surface area contributed by atoms with Crippen molar-refractivity contribution in [2.45, 2.75) is 39.5 Å². The molecule has 0 aliphatic carbocycles. The van der Waals surface area contributed by atoms with Crippen molar-refractivity contribution in [2.24, 2.45) is 12.0 Å². The third-order valence-corrected chi connectivity index (χ3v) is 4.36. The van der Waals surface area contributed by atoms with Gasteiger partial charge in [0.2, 0.25) is 5.88 Å². The van der Waals surface area contributed by atoms with E-state index >= 15 is 0 Å². The molecule has 1 atom stereocenters. The van der Waals surface area contributed by atoms with Crippen LogP contribution in [0.25, 0.3) is 0 Å². The minimum atomic E-state index is -1.10. The number of rotatable bonds is 6. The van der Waals surface area contributed by atoms with E-state index < -0.39 is 17.8 Å². The molecule has 2 aromatic carbocycles. The molecule has 31 heavy (non-hydrogen) atoms. The van der Waals surface area contributed by atoms with Crippen LogP contribution in [-0.4, -0.2) is 32.7 Å². The number of hydrogen-bond acceptors (Lipinski definition) is 6. The first-order chi connectivity index (χ1) is 14.6. The summed E-state index contributed by atoms with van der Waals surface area (Å²) in [6.45, 7) is 7.29. The first-order valence-electron chi connectivity index (χ1n) is 9.95. The van der Waals surface area contributed by atoms with Gasteiger partial charge < -0.3 is 14.6 Å². The number of esters is 1. The van der Waals surface area contributed by atoms with Gasteiger partial charge in [0, 0.05) is 18.8 Å². The summed E-state index contributed by atoms with van der Waals surface area (Å²) in [6, 6.07) is 15.9. The zero-order valence-corrected chi connectivity index (χ0v) is 18.4. The number of ether oxygens (including phenoxy) is 2. The molecule has 0 radical (unpaired) electrons. The number of aliphatic imine (C=N–C) groups is 1. The zero-order chi connectivity index (χ0) is 22.6. The standard InChI is InChI=1S/C24H27N3O4/c1-16-20(22(27(5)26-16)30-19-9-7-6-8-10-19)15-25-21(28)17-11-13-18(14-12-17)23(29)31-24(2,3)4/h6-15,21,28H,1-5H3. The quantitative estimate of drug-likeness (QED) is 0.465. The Balaban J connectivity index is 1.76. The van der Waals surface area contributed by atoms with Crippen LogP contribution in [0.15, 0.2) is 59.6 Å². The van der Waals surface area contributed by atoms with E-state index in [0.717, 1.165) is 5.69 Å². The van der Waals surface area contributed by atoms with Gasteiger partial charge in [-0.05, 0) is 52.0 Å². The number of aryl methyl sites for hydroxylation is 2. The molecular formula is C24H27N3O4. The SMILES string of the molecule is Cc1nn(C)c(Oc2ccccc2)c1C=NC(O)c1ccc(C(=O)OC(C)(C)C)cc1. The van der Waals surface area contributed by atoms with Crippen LogP contribution < -0.4 is 4.74 Å². The van der Waals surface area contributed by atoms with Crippen molar-refractivity contribution in [3.63, 3.8) is 0 Å². The van der Waals surface area contributed by atoms with Crippen molar-refractivity contribution in [3.8, 4) is 11.6 Å². The summed E-state index contributed by atoms with van der Waals surface area (Å²) in [5, 5.41) is 14.9. The Morgan fingerprint density at radius 2 is 1.77 bits per heavy atom. The van der Waals surface area contributed by atoms with Crippen molar-refractivity contribution in [1.29, 1.82) is 0 Å². The predicted molar refractivity (Wildman–Crippen MR) is 119 cm³/mol. The van der Waals surface area contributed by atoms with E-state index in [1.54, 1.807) is 42.2 Å². The largest absolute Gasteiger partial charge is 0.456 e. The van der Waals surface area contributed by atoms with Crippen molar-refractivity contribution in [1.82, 2.24) is 9.78 Å². The summed E-state index contributed by atoms with van der Waals surface area (Å²) in [6.07, 6.45) is 0.449. The normalized spacial score (nSPS) is 12.7. The lowest BCUT2D eigenvalue weighted by Crippen LogP contribution is -2.23. The van der Waals surface area contributed by atoms with Crippen LogP contribution in [0.5, 0.6) is 11.6 Å². The molecular weight excluding hydrogens is 394 g/mol.